The molecule has 0 saturated heterocycles. The average Bonchev–Trinajstić information content (AvgIpc) is 2.90. The van der Waals surface area contributed by atoms with Crippen LogP contribution in [0.5, 0.6) is 0 Å². The Morgan fingerprint density at radius 1 is 0.674 bits per heavy atom. The minimum atomic E-state index is -0.293. The SMILES string of the molecule is CC(=S)[S-].CC(Br)C(=O)Br.CCO.CCO.CCOC(=O)C(C)Br.CCOC(=O)C(C)Br.CCOC(=O)C(C)SC(=S)OCC.[K+]. The van der Waals surface area contributed by atoms with Gasteiger partial charge in [-0.2, -0.15) is 4.20 Å². The number of hydrogen-bond acceptors (Lipinski definition) is 14. The van der Waals surface area contributed by atoms with Crippen molar-refractivity contribution in [1.29, 1.82) is 0 Å². The quantitative estimate of drug-likeness (QED) is 0.0647. The van der Waals surface area contributed by atoms with E-state index in [4.69, 9.17) is 31.9 Å². The van der Waals surface area contributed by atoms with Gasteiger partial charge >= 0.3 is 69.3 Å². The molecule has 0 aliphatic carbocycles. The smallest absolute Gasteiger partial charge is 0.479 e. The number of esters is 3. The van der Waals surface area contributed by atoms with Gasteiger partial charge < -0.3 is 54.0 Å². The summed E-state index contributed by atoms with van der Waals surface area (Å²) in [6, 6.07) is 0. The van der Waals surface area contributed by atoms with Crippen LogP contribution < -0.4 is 51.4 Å². The van der Waals surface area contributed by atoms with Gasteiger partial charge in [-0.1, -0.05) is 66.5 Å². The zero-order valence-electron chi connectivity index (χ0n) is 28.9. The molecular weight excluding hydrogens is 971 g/mol. The third kappa shape index (κ3) is 80.6. The van der Waals surface area contributed by atoms with E-state index < -0.39 is 0 Å². The topological polar surface area (TPSA) is 146 Å². The van der Waals surface area contributed by atoms with Gasteiger partial charge in [-0.3, -0.25) is 19.2 Å². The van der Waals surface area contributed by atoms with Crippen molar-refractivity contribution in [3.05, 3.63) is 0 Å². The van der Waals surface area contributed by atoms with Gasteiger partial charge in [-0.05, 0) is 97.4 Å². The van der Waals surface area contributed by atoms with E-state index in [-0.39, 0.29) is 107 Å². The van der Waals surface area contributed by atoms with E-state index in [0.717, 1.165) is 0 Å². The Labute approximate surface area is 373 Å². The van der Waals surface area contributed by atoms with Crippen LogP contribution in [-0.4, -0.2) is 101 Å². The summed E-state index contributed by atoms with van der Waals surface area (Å²) in [5.74, 6) is -0.658. The van der Waals surface area contributed by atoms with Crippen LogP contribution in [0.25, 0.3) is 0 Å². The normalized spacial score (nSPS) is 11.0. The minimum Gasteiger partial charge on any atom is -0.479 e. The molecule has 0 aromatic carbocycles. The number of alkyl halides is 3. The molecule has 0 spiro atoms. The van der Waals surface area contributed by atoms with E-state index in [1.807, 2.05) is 6.92 Å². The van der Waals surface area contributed by atoms with Crippen LogP contribution in [-0.2, 0) is 50.8 Å². The maximum Gasteiger partial charge on any atom is 1.00 e. The number of rotatable bonds is 9. The molecule has 0 fully saturated rings. The fourth-order valence-electron chi connectivity index (χ4n) is 1.12. The van der Waals surface area contributed by atoms with Crippen LogP contribution in [0.3, 0.4) is 0 Å². The van der Waals surface area contributed by atoms with Crippen molar-refractivity contribution in [1.82, 2.24) is 0 Å². The fraction of sp³-hybridized carbons (Fsp3) is 0.778. The molecule has 0 heterocycles. The molecule has 19 heteroatoms. The molecule has 0 aliphatic rings. The van der Waals surface area contributed by atoms with Gasteiger partial charge in [-0.15, -0.1) is 0 Å². The molecule has 4 atom stereocenters. The Bertz CT molecular complexity index is 713. The number of aliphatic hydroxyl groups excluding tert-OH is 2. The van der Waals surface area contributed by atoms with Gasteiger partial charge in [0.15, 0.2) is 0 Å². The number of hydrogen-bond donors (Lipinski definition) is 2. The molecule has 46 heavy (non-hydrogen) atoms. The van der Waals surface area contributed by atoms with Gasteiger partial charge in [0.05, 0.1) is 31.3 Å². The first-order valence-electron chi connectivity index (χ1n) is 13.5. The third-order valence-electron chi connectivity index (χ3n) is 2.69. The summed E-state index contributed by atoms with van der Waals surface area (Å²) in [7, 11) is 0. The minimum absolute atomic E-state index is 0. The zero-order valence-corrected chi connectivity index (χ0v) is 41.6. The first kappa shape index (κ1) is 66.4. The van der Waals surface area contributed by atoms with Gasteiger partial charge in [0.1, 0.15) is 14.9 Å². The number of thioether (sulfide) groups is 1. The molecule has 0 aliphatic heterocycles. The molecular formula is C27H51Br4KO10S4. The number of halogens is 4. The monoisotopic (exact) mass is 1020 g/mol. The number of carbonyl (C=O) groups is 4. The summed E-state index contributed by atoms with van der Waals surface area (Å²) in [4.78, 5) is 41.7. The van der Waals surface area contributed by atoms with Crippen molar-refractivity contribution in [2.75, 3.05) is 39.6 Å². The second kappa shape index (κ2) is 53.9. The first-order chi connectivity index (χ1) is 20.7. The number of thiocarbonyl (C=S) groups is 2. The summed E-state index contributed by atoms with van der Waals surface area (Å²) in [5, 5.41) is 14.8. The summed E-state index contributed by atoms with van der Waals surface area (Å²) in [6.07, 6.45) is 0. The second-order valence-electron chi connectivity index (χ2n) is 6.98. The summed E-state index contributed by atoms with van der Waals surface area (Å²) in [5.41, 5.74) is 0. The molecule has 0 radical (unpaired) electrons. The van der Waals surface area contributed by atoms with E-state index in [0.29, 0.717) is 35.0 Å². The molecule has 0 bridgehead atoms. The van der Waals surface area contributed by atoms with Crippen molar-refractivity contribution < 1.29 is 99.7 Å². The van der Waals surface area contributed by atoms with Gasteiger partial charge in [-0.25, -0.2) is 0 Å². The van der Waals surface area contributed by atoms with E-state index in [1.165, 1.54) is 11.8 Å². The van der Waals surface area contributed by atoms with Crippen LogP contribution in [0, 0.1) is 0 Å². The summed E-state index contributed by atoms with van der Waals surface area (Å²) in [6.45, 7) is 21.6. The average molecular weight is 1020 g/mol. The Balaban J connectivity index is -0.0000000647. The first-order valence-corrected chi connectivity index (χ1v) is 19.2. The van der Waals surface area contributed by atoms with Crippen LogP contribution in [0.15, 0.2) is 0 Å². The number of aliphatic hydroxyl groups is 2. The number of ether oxygens (including phenoxy) is 4. The van der Waals surface area contributed by atoms with E-state index >= 15 is 0 Å². The van der Waals surface area contributed by atoms with E-state index in [1.54, 1.807) is 69.2 Å². The van der Waals surface area contributed by atoms with Crippen LogP contribution in [0.4, 0.5) is 0 Å². The fourth-order valence-corrected chi connectivity index (χ4v) is 2.57. The Kier molecular flexibility index (Phi) is 77.7. The standard InChI is InChI=1S/C8H14O3S2.2C5H9BrO2.C3H4Br2O.2C2H6O.C2H4S2.K/c1-4-10-7(9)6(3)13-8(12)11-5-2;2*1-3-8-5(7)4(2)6;1-2(4)3(5)6;2*1-2-3;1-2(3)4;/h6H,4-5H2,1-3H3;2*4H,3H2,1-2H3;2H,1H3;2*3H,2H2,1H3;1H3,(H,3,4);/q;;;;;;;+1/p-1. The molecule has 0 amide bonds. The molecule has 10 nitrogen and oxygen atoms in total. The predicted octanol–water partition coefficient (Wildman–Crippen LogP) is 4.23. The maximum absolute atomic E-state index is 11.1. The molecule has 272 valence electrons. The molecule has 0 aromatic rings. The molecule has 2 N–H and O–H groups in total. The molecule has 0 aromatic heterocycles. The third-order valence-corrected chi connectivity index (χ3v) is 6.42. The van der Waals surface area contributed by atoms with Crippen molar-refractivity contribution in [3.8, 4) is 0 Å². The van der Waals surface area contributed by atoms with Crippen LogP contribution in [0.1, 0.15) is 76.2 Å². The predicted molar refractivity (Wildman–Crippen MR) is 211 cm³/mol. The molecule has 4 unspecified atom stereocenters. The van der Waals surface area contributed by atoms with E-state index in [2.05, 4.69) is 98.0 Å². The largest absolute Gasteiger partial charge is 1.00 e. The van der Waals surface area contributed by atoms with Crippen LogP contribution >= 0.6 is 99.9 Å². The van der Waals surface area contributed by atoms with Gasteiger partial charge in [0.25, 0.3) is 0 Å². The van der Waals surface area contributed by atoms with Gasteiger partial charge in [0.2, 0.25) is 9.08 Å². The Hall–Kier alpha value is 2.11. The zero-order chi connectivity index (χ0) is 37.6. The van der Waals surface area contributed by atoms with Gasteiger partial charge in [0, 0.05) is 13.2 Å². The summed E-state index contributed by atoms with van der Waals surface area (Å²) < 4.78 is 20.0. The Morgan fingerprint density at radius 2 is 0.891 bits per heavy atom. The maximum atomic E-state index is 11.1. The van der Waals surface area contributed by atoms with Crippen molar-refractivity contribution in [2.24, 2.45) is 0 Å². The van der Waals surface area contributed by atoms with E-state index in [9.17, 15) is 19.2 Å². The van der Waals surface area contributed by atoms with Crippen molar-refractivity contribution in [3.63, 3.8) is 0 Å². The molecule has 0 rings (SSSR count). The Morgan fingerprint density at radius 3 is 1.04 bits per heavy atom. The van der Waals surface area contributed by atoms with Crippen LogP contribution in [0.2, 0.25) is 0 Å². The van der Waals surface area contributed by atoms with Crippen molar-refractivity contribution in [2.45, 2.75) is 95.9 Å². The van der Waals surface area contributed by atoms with Crippen molar-refractivity contribution >= 4 is 144 Å². The molecule has 0 saturated carbocycles. The number of carbonyl (C=O) groups excluding carboxylic acids is 4. The summed E-state index contributed by atoms with van der Waals surface area (Å²) >= 11 is 26.7. The second-order valence-corrected chi connectivity index (χ2v) is 15.3.